The van der Waals surface area contributed by atoms with E-state index in [0.29, 0.717) is 6.54 Å². The number of urea groups is 1. The van der Waals surface area contributed by atoms with Gasteiger partial charge in [0.1, 0.15) is 0 Å². The number of rotatable bonds is 4. The Morgan fingerprint density at radius 3 is 2.14 bits per heavy atom. The zero-order valence-electron chi connectivity index (χ0n) is 16.1. The Morgan fingerprint density at radius 1 is 0.857 bits per heavy atom. The zero-order valence-corrected chi connectivity index (χ0v) is 16.1. The van der Waals surface area contributed by atoms with E-state index in [-0.39, 0.29) is 6.03 Å². The maximum Gasteiger partial charge on any atom is 0.317 e. The highest BCUT2D eigenvalue weighted by atomic mass is 16.5. The molecule has 0 atom stereocenters. The summed E-state index contributed by atoms with van der Waals surface area (Å²) in [6, 6.07) is 12.5. The van der Waals surface area contributed by atoms with Crippen LogP contribution in [0.25, 0.3) is 0 Å². The van der Waals surface area contributed by atoms with Crippen LogP contribution in [0.5, 0.6) is 0 Å². The van der Waals surface area contributed by atoms with Crippen LogP contribution in [0.4, 0.5) is 16.2 Å². The minimum Gasteiger partial charge on any atom is -0.378 e. The van der Waals surface area contributed by atoms with Crippen molar-refractivity contribution in [3.05, 3.63) is 54.4 Å². The normalized spacial score (nSPS) is 17.5. The first-order valence-corrected chi connectivity index (χ1v) is 9.89. The van der Waals surface area contributed by atoms with E-state index in [1.54, 1.807) is 12.4 Å². The number of amides is 2. The lowest BCUT2D eigenvalue weighted by Crippen LogP contribution is -2.51. The van der Waals surface area contributed by atoms with Gasteiger partial charge in [-0.1, -0.05) is 12.1 Å². The lowest BCUT2D eigenvalue weighted by atomic mass is 10.2. The molecule has 1 aromatic heterocycles. The number of piperazine rings is 1. The molecule has 0 aliphatic carbocycles. The van der Waals surface area contributed by atoms with Crippen LogP contribution in [-0.4, -0.2) is 68.4 Å². The zero-order chi connectivity index (χ0) is 19.2. The number of aromatic nitrogens is 1. The van der Waals surface area contributed by atoms with Crippen molar-refractivity contribution in [2.24, 2.45) is 0 Å². The number of carbonyl (C=O) groups excluding carboxylic acids is 1. The summed E-state index contributed by atoms with van der Waals surface area (Å²) in [5.74, 6) is 0. The Hall–Kier alpha value is -2.80. The third kappa shape index (κ3) is 4.54. The summed E-state index contributed by atoms with van der Waals surface area (Å²) >= 11 is 0. The highest BCUT2D eigenvalue weighted by Crippen LogP contribution is 2.17. The van der Waals surface area contributed by atoms with Crippen molar-refractivity contribution in [2.75, 3.05) is 62.3 Å². The molecule has 2 aromatic rings. The van der Waals surface area contributed by atoms with Crippen molar-refractivity contribution in [1.82, 2.24) is 15.2 Å². The molecule has 0 bridgehead atoms. The smallest absolute Gasteiger partial charge is 0.317 e. The number of nitrogens with zero attached hydrogens (tertiary/aromatic N) is 4. The third-order valence-electron chi connectivity index (χ3n) is 5.35. The van der Waals surface area contributed by atoms with Crippen molar-refractivity contribution < 1.29 is 9.53 Å². The number of hydrogen-bond acceptors (Lipinski definition) is 5. The molecule has 28 heavy (non-hydrogen) atoms. The molecule has 2 saturated heterocycles. The summed E-state index contributed by atoms with van der Waals surface area (Å²) in [5.41, 5.74) is 3.49. The Bertz CT molecular complexity index is 754. The van der Waals surface area contributed by atoms with Gasteiger partial charge in [-0.2, -0.15) is 0 Å². The Morgan fingerprint density at radius 2 is 1.46 bits per heavy atom. The maximum atomic E-state index is 12.5. The minimum absolute atomic E-state index is 0.00614. The number of pyridine rings is 1. The van der Waals surface area contributed by atoms with Crippen LogP contribution >= 0.6 is 0 Å². The van der Waals surface area contributed by atoms with Crippen molar-refractivity contribution in [3.8, 4) is 0 Å². The second-order valence-corrected chi connectivity index (χ2v) is 7.10. The van der Waals surface area contributed by atoms with Gasteiger partial charge in [0, 0.05) is 69.6 Å². The molecule has 3 heterocycles. The topological polar surface area (TPSA) is 60.9 Å². The van der Waals surface area contributed by atoms with Gasteiger partial charge in [0.2, 0.25) is 0 Å². The summed E-state index contributed by atoms with van der Waals surface area (Å²) in [4.78, 5) is 23.1. The van der Waals surface area contributed by atoms with Crippen LogP contribution in [0.1, 0.15) is 5.56 Å². The molecule has 0 spiro atoms. The van der Waals surface area contributed by atoms with E-state index >= 15 is 0 Å². The highest BCUT2D eigenvalue weighted by molar-refractivity contribution is 5.74. The number of nitrogens with one attached hydrogen (secondary N) is 1. The van der Waals surface area contributed by atoms with Crippen LogP contribution in [0, 0.1) is 0 Å². The first kappa shape index (κ1) is 18.6. The molecular formula is C21H27N5O2. The Balaban J connectivity index is 1.23. The molecule has 7 heteroatoms. The van der Waals surface area contributed by atoms with Gasteiger partial charge in [0.05, 0.1) is 13.2 Å². The molecule has 2 aliphatic heterocycles. The number of morpholine rings is 1. The van der Waals surface area contributed by atoms with Crippen molar-refractivity contribution >= 4 is 17.4 Å². The summed E-state index contributed by atoms with van der Waals surface area (Å²) in [7, 11) is 0. The minimum atomic E-state index is 0.00614. The Labute approximate surface area is 165 Å². The molecule has 0 radical (unpaired) electrons. The van der Waals surface area contributed by atoms with E-state index in [1.165, 1.54) is 5.69 Å². The van der Waals surface area contributed by atoms with E-state index in [0.717, 1.165) is 63.7 Å². The number of ether oxygens (including phenoxy) is 1. The molecular weight excluding hydrogens is 354 g/mol. The lowest BCUT2D eigenvalue weighted by molar-refractivity contribution is 0.122. The SMILES string of the molecule is O=C(NCc1ccc(N2CCOCC2)cc1)N1CCN(c2ccncc2)CC1. The molecule has 0 saturated carbocycles. The molecule has 1 N–H and O–H groups in total. The van der Waals surface area contributed by atoms with E-state index < -0.39 is 0 Å². The quantitative estimate of drug-likeness (QED) is 0.877. The monoisotopic (exact) mass is 381 g/mol. The van der Waals surface area contributed by atoms with Crippen molar-refractivity contribution in [3.63, 3.8) is 0 Å². The summed E-state index contributed by atoms with van der Waals surface area (Å²) in [6.45, 7) is 7.11. The number of hydrogen-bond donors (Lipinski definition) is 1. The van der Waals surface area contributed by atoms with E-state index in [1.807, 2.05) is 17.0 Å². The molecule has 2 amide bonds. The predicted octanol–water partition coefficient (Wildman–Crippen LogP) is 1.95. The number of benzene rings is 1. The standard InChI is InChI=1S/C21H27N5O2/c27-21(26-11-9-24(10-12-26)20-5-7-22-8-6-20)23-17-18-1-3-19(4-2-18)25-13-15-28-16-14-25/h1-8H,9-17H2,(H,23,27). The number of anilines is 2. The van der Waals surface area contributed by atoms with Gasteiger partial charge in [-0.25, -0.2) is 4.79 Å². The van der Waals surface area contributed by atoms with Crippen LogP contribution < -0.4 is 15.1 Å². The van der Waals surface area contributed by atoms with E-state index in [4.69, 9.17) is 4.74 Å². The summed E-state index contributed by atoms with van der Waals surface area (Å²) < 4.78 is 5.40. The predicted molar refractivity (Wildman–Crippen MR) is 110 cm³/mol. The third-order valence-corrected chi connectivity index (χ3v) is 5.35. The first-order chi connectivity index (χ1) is 13.8. The van der Waals surface area contributed by atoms with Crippen molar-refractivity contribution in [2.45, 2.75) is 6.54 Å². The average Bonchev–Trinajstić information content (AvgIpc) is 2.79. The molecule has 4 rings (SSSR count). The molecule has 7 nitrogen and oxygen atoms in total. The fraction of sp³-hybridized carbons (Fsp3) is 0.429. The molecule has 2 fully saturated rings. The van der Waals surface area contributed by atoms with Gasteiger partial charge >= 0.3 is 6.03 Å². The summed E-state index contributed by atoms with van der Waals surface area (Å²) in [6.07, 6.45) is 3.61. The first-order valence-electron chi connectivity index (χ1n) is 9.89. The van der Waals surface area contributed by atoms with E-state index in [2.05, 4.69) is 44.4 Å². The fourth-order valence-electron chi connectivity index (χ4n) is 3.66. The van der Waals surface area contributed by atoms with Crippen LogP contribution in [-0.2, 0) is 11.3 Å². The van der Waals surface area contributed by atoms with Crippen LogP contribution in [0.3, 0.4) is 0 Å². The largest absolute Gasteiger partial charge is 0.378 e. The van der Waals surface area contributed by atoms with Gasteiger partial charge in [-0.3, -0.25) is 4.98 Å². The van der Waals surface area contributed by atoms with Crippen molar-refractivity contribution in [1.29, 1.82) is 0 Å². The van der Waals surface area contributed by atoms with Gasteiger partial charge in [0.15, 0.2) is 0 Å². The summed E-state index contributed by atoms with van der Waals surface area (Å²) in [5, 5.41) is 3.05. The second-order valence-electron chi connectivity index (χ2n) is 7.10. The average molecular weight is 381 g/mol. The maximum absolute atomic E-state index is 12.5. The highest BCUT2D eigenvalue weighted by Gasteiger charge is 2.21. The van der Waals surface area contributed by atoms with Gasteiger partial charge < -0.3 is 24.8 Å². The molecule has 0 unspecified atom stereocenters. The van der Waals surface area contributed by atoms with Crippen LogP contribution in [0.2, 0.25) is 0 Å². The van der Waals surface area contributed by atoms with E-state index in [9.17, 15) is 4.79 Å². The fourth-order valence-corrected chi connectivity index (χ4v) is 3.66. The lowest BCUT2D eigenvalue weighted by Gasteiger charge is -2.36. The molecule has 1 aromatic carbocycles. The molecule has 148 valence electrons. The Kier molecular flexibility index (Phi) is 5.92. The second kappa shape index (κ2) is 8.93. The van der Waals surface area contributed by atoms with Gasteiger partial charge in [0.25, 0.3) is 0 Å². The molecule has 2 aliphatic rings. The van der Waals surface area contributed by atoms with Crippen LogP contribution in [0.15, 0.2) is 48.8 Å². The van der Waals surface area contributed by atoms with Gasteiger partial charge in [-0.05, 0) is 29.8 Å². The van der Waals surface area contributed by atoms with Gasteiger partial charge in [-0.15, -0.1) is 0 Å². The number of carbonyl (C=O) groups is 1.